The minimum atomic E-state index is -0.833. The molecule has 0 fully saturated rings. The Labute approximate surface area is 135 Å². The van der Waals surface area contributed by atoms with Gasteiger partial charge in [-0.1, -0.05) is 13.5 Å². The molecule has 0 aliphatic rings. The van der Waals surface area contributed by atoms with E-state index in [4.69, 9.17) is 14.2 Å². The van der Waals surface area contributed by atoms with Crippen molar-refractivity contribution in [3.8, 4) is 5.75 Å². The molecule has 0 aromatic heterocycles. The summed E-state index contributed by atoms with van der Waals surface area (Å²) in [5.41, 5.74) is -0.460. The van der Waals surface area contributed by atoms with Crippen LogP contribution in [0.25, 0.3) is 0 Å². The first-order chi connectivity index (χ1) is 11.0. The van der Waals surface area contributed by atoms with Crippen LogP contribution in [0, 0.1) is 5.41 Å². The zero-order valence-electron chi connectivity index (χ0n) is 13.4. The number of hydrogen-bond acceptors (Lipinski definition) is 6. The summed E-state index contributed by atoms with van der Waals surface area (Å²) in [7, 11) is 1.54. The average Bonchev–Trinajstić information content (AvgIpc) is 2.62. The Morgan fingerprint density at radius 1 is 1.22 bits per heavy atom. The Kier molecular flexibility index (Phi) is 7.28. The predicted molar refractivity (Wildman–Crippen MR) is 84.2 cm³/mol. The minimum Gasteiger partial charge on any atom is -0.497 e. The number of benzene rings is 1. The normalized spacial score (nSPS) is 12.8. The second-order valence-electron chi connectivity index (χ2n) is 5.13. The van der Waals surface area contributed by atoms with E-state index in [2.05, 4.69) is 6.58 Å². The van der Waals surface area contributed by atoms with E-state index in [1.165, 1.54) is 7.11 Å². The number of aliphatic hydroxyl groups is 1. The highest BCUT2D eigenvalue weighted by Gasteiger charge is 2.31. The van der Waals surface area contributed by atoms with E-state index in [1.54, 1.807) is 24.3 Å². The third kappa shape index (κ3) is 5.41. The summed E-state index contributed by atoms with van der Waals surface area (Å²) in [6.07, 6.45) is 1.52. The van der Waals surface area contributed by atoms with Crippen molar-refractivity contribution < 1.29 is 28.9 Å². The fourth-order valence-electron chi connectivity index (χ4n) is 1.76. The van der Waals surface area contributed by atoms with Crippen LogP contribution in [0.2, 0.25) is 0 Å². The van der Waals surface area contributed by atoms with Crippen molar-refractivity contribution >= 4 is 11.9 Å². The Balaban J connectivity index is 2.67. The number of rotatable bonds is 9. The van der Waals surface area contributed by atoms with E-state index in [9.17, 15) is 14.7 Å². The molecular weight excluding hydrogens is 300 g/mol. The van der Waals surface area contributed by atoms with Crippen molar-refractivity contribution in [2.75, 3.05) is 26.9 Å². The molecule has 126 valence electrons. The number of aliphatic hydroxyl groups excluding tert-OH is 1. The Morgan fingerprint density at radius 2 is 1.83 bits per heavy atom. The molecule has 0 bridgehead atoms. The van der Waals surface area contributed by atoms with Gasteiger partial charge in [0.2, 0.25) is 0 Å². The van der Waals surface area contributed by atoms with Gasteiger partial charge in [0.1, 0.15) is 19.0 Å². The summed E-state index contributed by atoms with van der Waals surface area (Å²) >= 11 is 0. The maximum Gasteiger partial charge on any atom is 0.338 e. The van der Waals surface area contributed by atoms with Gasteiger partial charge < -0.3 is 19.3 Å². The van der Waals surface area contributed by atoms with Crippen molar-refractivity contribution in [1.82, 2.24) is 0 Å². The first kappa shape index (κ1) is 18.7. The lowest BCUT2D eigenvalue weighted by Crippen LogP contribution is -2.37. The summed E-state index contributed by atoms with van der Waals surface area (Å²) in [6, 6.07) is 6.49. The number of methoxy groups -OCH3 is 1. The summed E-state index contributed by atoms with van der Waals surface area (Å²) in [6.45, 7) is 4.74. The summed E-state index contributed by atoms with van der Waals surface area (Å²) in [5, 5.41) is 9.59. The summed E-state index contributed by atoms with van der Waals surface area (Å²) < 4.78 is 15.3. The highest BCUT2D eigenvalue weighted by Crippen LogP contribution is 2.23. The van der Waals surface area contributed by atoms with E-state index in [0.717, 1.165) is 6.08 Å². The molecule has 1 atom stereocenters. The summed E-state index contributed by atoms with van der Waals surface area (Å²) in [4.78, 5) is 23.2. The Hall–Kier alpha value is -2.34. The number of hydrogen-bond donors (Lipinski definition) is 1. The number of ether oxygens (including phenoxy) is 3. The fraction of sp³-hybridized carbons (Fsp3) is 0.412. The van der Waals surface area contributed by atoms with Gasteiger partial charge in [-0.3, -0.25) is 0 Å². The molecule has 0 amide bonds. The van der Waals surface area contributed by atoms with Crippen molar-refractivity contribution in [3.63, 3.8) is 0 Å². The molecule has 0 saturated carbocycles. The second-order valence-corrected chi connectivity index (χ2v) is 5.13. The molecule has 0 radical (unpaired) electrons. The SMILES string of the molecule is C=CC(=O)OCC(CC)(CO)COC(=O)c1ccc(OC)cc1. The smallest absolute Gasteiger partial charge is 0.338 e. The van der Waals surface area contributed by atoms with E-state index < -0.39 is 17.4 Å². The average molecular weight is 322 g/mol. The van der Waals surface area contributed by atoms with Crippen LogP contribution in [0.4, 0.5) is 0 Å². The molecule has 0 saturated heterocycles. The molecule has 1 aromatic carbocycles. The molecule has 0 aliphatic carbocycles. The van der Waals surface area contributed by atoms with Crippen LogP contribution in [0.3, 0.4) is 0 Å². The third-order valence-corrected chi connectivity index (χ3v) is 3.61. The lowest BCUT2D eigenvalue weighted by molar-refractivity contribution is -0.143. The molecule has 1 unspecified atom stereocenters. The van der Waals surface area contributed by atoms with Gasteiger partial charge in [0, 0.05) is 6.08 Å². The highest BCUT2D eigenvalue weighted by molar-refractivity contribution is 5.89. The van der Waals surface area contributed by atoms with E-state index in [1.807, 2.05) is 6.92 Å². The molecule has 0 aliphatic heterocycles. The maximum atomic E-state index is 12.0. The van der Waals surface area contributed by atoms with Gasteiger partial charge >= 0.3 is 11.9 Å². The van der Waals surface area contributed by atoms with Crippen molar-refractivity contribution in [2.24, 2.45) is 5.41 Å². The molecule has 0 spiro atoms. The fourth-order valence-corrected chi connectivity index (χ4v) is 1.76. The minimum absolute atomic E-state index is 0.0548. The largest absolute Gasteiger partial charge is 0.497 e. The van der Waals surface area contributed by atoms with E-state index >= 15 is 0 Å². The predicted octanol–water partition coefficient (Wildman–Crippen LogP) is 1.97. The highest BCUT2D eigenvalue weighted by atomic mass is 16.5. The second kappa shape index (κ2) is 8.95. The quantitative estimate of drug-likeness (QED) is 0.553. The van der Waals surface area contributed by atoms with Gasteiger partial charge in [0.15, 0.2) is 0 Å². The number of carbonyl (C=O) groups excluding carboxylic acids is 2. The first-order valence-corrected chi connectivity index (χ1v) is 7.21. The van der Waals surface area contributed by atoms with Crippen LogP contribution in [-0.4, -0.2) is 44.0 Å². The number of esters is 2. The van der Waals surface area contributed by atoms with Crippen LogP contribution in [-0.2, 0) is 14.3 Å². The standard InChI is InChI=1S/C17H22O6/c1-4-15(19)22-11-17(5-2,10-18)12-23-16(20)13-6-8-14(21-3)9-7-13/h4,6-9,18H,1,5,10-12H2,2-3H3. The van der Waals surface area contributed by atoms with Gasteiger partial charge in [0.05, 0.1) is 24.7 Å². The molecule has 1 aromatic rings. The molecule has 1 N–H and O–H groups in total. The van der Waals surface area contributed by atoms with E-state index in [-0.39, 0.29) is 19.8 Å². The lowest BCUT2D eigenvalue weighted by Gasteiger charge is -2.29. The van der Waals surface area contributed by atoms with Gasteiger partial charge in [0.25, 0.3) is 0 Å². The van der Waals surface area contributed by atoms with Gasteiger partial charge in [-0.05, 0) is 30.7 Å². The lowest BCUT2D eigenvalue weighted by atomic mass is 9.88. The molecule has 23 heavy (non-hydrogen) atoms. The third-order valence-electron chi connectivity index (χ3n) is 3.61. The Morgan fingerprint density at radius 3 is 2.30 bits per heavy atom. The topological polar surface area (TPSA) is 82.1 Å². The van der Waals surface area contributed by atoms with Crippen molar-refractivity contribution in [1.29, 1.82) is 0 Å². The van der Waals surface area contributed by atoms with Crippen LogP contribution < -0.4 is 4.74 Å². The summed E-state index contributed by atoms with van der Waals surface area (Å²) in [5.74, 6) is -0.470. The first-order valence-electron chi connectivity index (χ1n) is 7.21. The zero-order chi connectivity index (χ0) is 17.3. The molecular formula is C17H22O6. The van der Waals surface area contributed by atoms with Crippen LogP contribution in [0.5, 0.6) is 5.75 Å². The molecule has 6 nitrogen and oxygen atoms in total. The van der Waals surface area contributed by atoms with Gasteiger partial charge in [-0.25, -0.2) is 9.59 Å². The number of carbonyl (C=O) groups is 2. The van der Waals surface area contributed by atoms with Crippen LogP contribution in [0.1, 0.15) is 23.7 Å². The maximum absolute atomic E-state index is 12.0. The molecule has 6 heteroatoms. The van der Waals surface area contributed by atoms with Crippen LogP contribution in [0.15, 0.2) is 36.9 Å². The van der Waals surface area contributed by atoms with Gasteiger partial charge in [-0.15, -0.1) is 0 Å². The molecule has 1 rings (SSSR count). The van der Waals surface area contributed by atoms with Gasteiger partial charge in [-0.2, -0.15) is 0 Å². The Bertz CT molecular complexity index is 531. The van der Waals surface area contributed by atoms with Crippen LogP contribution >= 0.6 is 0 Å². The van der Waals surface area contributed by atoms with Crippen molar-refractivity contribution in [2.45, 2.75) is 13.3 Å². The monoisotopic (exact) mass is 322 g/mol. The van der Waals surface area contributed by atoms with E-state index in [0.29, 0.717) is 17.7 Å². The molecule has 0 heterocycles. The van der Waals surface area contributed by atoms with Crippen molar-refractivity contribution in [3.05, 3.63) is 42.5 Å². The zero-order valence-corrected chi connectivity index (χ0v) is 13.4.